The van der Waals surface area contributed by atoms with Gasteiger partial charge >= 0.3 is 0 Å². The fraction of sp³-hybridized carbons (Fsp3) is 0.727. The zero-order chi connectivity index (χ0) is 13.5. The van der Waals surface area contributed by atoms with Gasteiger partial charge in [0.15, 0.2) is 5.84 Å². The van der Waals surface area contributed by atoms with Crippen molar-refractivity contribution in [3.05, 3.63) is 12.2 Å². The molecule has 1 heterocycles. The molecule has 0 aliphatic carbocycles. The molecular formula is C11H22N6O. The van der Waals surface area contributed by atoms with E-state index in [1.54, 1.807) is 6.33 Å². The normalized spacial score (nSPS) is 12.6. The largest absolute Gasteiger partial charge is 0.409 e. The van der Waals surface area contributed by atoms with E-state index in [1.807, 2.05) is 4.68 Å². The molecule has 0 aliphatic rings. The zero-order valence-electron chi connectivity index (χ0n) is 11.2. The van der Waals surface area contributed by atoms with Gasteiger partial charge < -0.3 is 10.9 Å². The van der Waals surface area contributed by atoms with Crippen LogP contribution in [0.3, 0.4) is 0 Å². The van der Waals surface area contributed by atoms with Gasteiger partial charge in [0.05, 0.1) is 13.1 Å². The van der Waals surface area contributed by atoms with E-state index in [9.17, 15) is 0 Å². The van der Waals surface area contributed by atoms with Gasteiger partial charge in [-0.15, -0.1) is 0 Å². The molecule has 0 saturated heterocycles. The zero-order valence-corrected chi connectivity index (χ0v) is 11.2. The SMILES string of the molecule is CCCN(CC(N)=NO)Cc1ncnn1C(C)C. The van der Waals surface area contributed by atoms with Crippen LogP contribution in [0.25, 0.3) is 0 Å². The second-order valence-corrected chi connectivity index (χ2v) is 4.52. The van der Waals surface area contributed by atoms with Gasteiger partial charge in [0.1, 0.15) is 12.2 Å². The van der Waals surface area contributed by atoms with E-state index < -0.39 is 0 Å². The lowest BCUT2D eigenvalue weighted by Crippen LogP contribution is -2.35. The summed E-state index contributed by atoms with van der Waals surface area (Å²) >= 11 is 0. The molecular weight excluding hydrogens is 232 g/mol. The standard InChI is InChI=1S/C11H22N6O/c1-4-5-16(6-10(12)15-18)7-11-13-8-14-17(11)9(2)3/h8-9,18H,4-7H2,1-3H3,(H2,12,15). The third-order valence-corrected chi connectivity index (χ3v) is 2.56. The molecule has 0 atom stereocenters. The van der Waals surface area contributed by atoms with Crippen molar-refractivity contribution < 1.29 is 5.21 Å². The van der Waals surface area contributed by atoms with Crippen LogP contribution < -0.4 is 5.73 Å². The van der Waals surface area contributed by atoms with Gasteiger partial charge in [-0.2, -0.15) is 5.10 Å². The third kappa shape index (κ3) is 3.99. The molecule has 0 radical (unpaired) electrons. The molecule has 3 N–H and O–H groups in total. The summed E-state index contributed by atoms with van der Waals surface area (Å²) in [5.74, 6) is 1.10. The summed E-state index contributed by atoms with van der Waals surface area (Å²) in [7, 11) is 0. The number of oxime groups is 1. The second kappa shape index (κ2) is 6.95. The third-order valence-electron chi connectivity index (χ3n) is 2.56. The Hall–Kier alpha value is -1.63. The van der Waals surface area contributed by atoms with Crippen LogP contribution in [0.2, 0.25) is 0 Å². The van der Waals surface area contributed by atoms with Gasteiger partial charge in [0.2, 0.25) is 0 Å². The lowest BCUT2D eigenvalue weighted by atomic mass is 10.3. The first-order valence-electron chi connectivity index (χ1n) is 6.15. The smallest absolute Gasteiger partial charge is 0.153 e. The van der Waals surface area contributed by atoms with Crippen molar-refractivity contribution in [2.24, 2.45) is 10.9 Å². The van der Waals surface area contributed by atoms with E-state index in [-0.39, 0.29) is 11.9 Å². The predicted molar refractivity (Wildman–Crippen MR) is 69.4 cm³/mol. The van der Waals surface area contributed by atoms with Crippen LogP contribution in [0.15, 0.2) is 11.5 Å². The first kappa shape index (κ1) is 14.4. The lowest BCUT2D eigenvalue weighted by Gasteiger charge is -2.21. The number of aromatic nitrogens is 3. The molecule has 0 spiro atoms. The summed E-state index contributed by atoms with van der Waals surface area (Å²) in [4.78, 5) is 6.34. The van der Waals surface area contributed by atoms with Gasteiger partial charge in [-0.05, 0) is 26.8 Å². The van der Waals surface area contributed by atoms with E-state index in [4.69, 9.17) is 10.9 Å². The molecule has 18 heavy (non-hydrogen) atoms. The molecule has 0 bridgehead atoms. The Kier molecular flexibility index (Phi) is 5.57. The minimum atomic E-state index is 0.207. The highest BCUT2D eigenvalue weighted by Crippen LogP contribution is 2.08. The molecule has 0 amide bonds. The first-order chi connectivity index (χ1) is 8.58. The Bertz CT molecular complexity index is 387. The second-order valence-electron chi connectivity index (χ2n) is 4.52. The van der Waals surface area contributed by atoms with E-state index in [2.05, 4.69) is 40.9 Å². The Morgan fingerprint density at radius 1 is 1.61 bits per heavy atom. The van der Waals surface area contributed by atoms with Gasteiger partial charge in [0.25, 0.3) is 0 Å². The van der Waals surface area contributed by atoms with Crippen molar-refractivity contribution in [2.75, 3.05) is 13.1 Å². The van der Waals surface area contributed by atoms with Crippen LogP contribution in [0.4, 0.5) is 0 Å². The fourth-order valence-electron chi connectivity index (χ4n) is 1.81. The number of hydrogen-bond donors (Lipinski definition) is 2. The number of amidine groups is 1. The highest BCUT2D eigenvalue weighted by molar-refractivity contribution is 5.81. The van der Waals surface area contributed by atoms with E-state index in [1.165, 1.54) is 0 Å². The maximum atomic E-state index is 8.62. The minimum Gasteiger partial charge on any atom is -0.409 e. The quantitative estimate of drug-likeness (QED) is 0.325. The van der Waals surface area contributed by atoms with Gasteiger partial charge in [-0.3, -0.25) is 4.90 Å². The fourth-order valence-corrected chi connectivity index (χ4v) is 1.81. The summed E-state index contributed by atoms with van der Waals surface area (Å²) in [6.07, 6.45) is 2.55. The average molecular weight is 254 g/mol. The van der Waals surface area contributed by atoms with Crippen molar-refractivity contribution in [1.82, 2.24) is 19.7 Å². The lowest BCUT2D eigenvalue weighted by molar-refractivity contribution is 0.274. The van der Waals surface area contributed by atoms with Crippen LogP contribution in [0, 0.1) is 0 Å². The molecule has 1 rings (SSSR count). The van der Waals surface area contributed by atoms with Crippen molar-refractivity contribution >= 4 is 5.84 Å². The molecule has 1 aromatic rings. The molecule has 7 heteroatoms. The maximum Gasteiger partial charge on any atom is 0.153 e. The van der Waals surface area contributed by atoms with Crippen LogP contribution in [0.1, 0.15) is 39.1 Å². The molecule has 102 valence electrons. The predicted octanol–water partition coefficient (Wildman–Crippen LogP) is 0.817. The monoisotopic (exact) mass is 254 g/mol. The highest BCUT2D eigenvalue weighted by atomic mass is 16.4. The Morgan fingerprint density at radius 2 is 2.33 bits per heavy atom. The Balaban J connectivity index is 2.73. The van der Waals surface area contributed by atoms with Gasteiger partial charge in [0, 0.05) is 6.04 Å². The summed E-state index contributed by atoms with van der Waals surface area (Å²) in [5, 5.41) is 15.8. The number of nitrogens with zero attached hydrogens (tertiary/aromatic N) is 5. The van der Waals surface area contributed by atoms with Crippen molar-refractivity contribution in [3.8, 4) is 0 Å². The van der Waals surface area contributed by atoms with Crippen molar-refractivity contribution in [2.45, 2.75) is 39.8 Å². The van der Waals surface area contributed by atoms with Crippen LogP contribution in [0.5, 0.6) is 0 Å². The Labute approximate surface area is 107 Å². The molecule has 1 aromatic heterocycles. The summed E-state index contributed by atoms with van der Waals surface area (Å²) in [5.41, 5.74) is 5.55. The van der Waals surface area contributed by atoms with Crippen LogP contribution in [-0.4, -0.2) is 43.8 Å². The Morgan fingerprint density at radius 3 is 2.89 bits per heavy atom. The number of nitrogens with two attached hydrogens (primary N) is 1. The molecule has 0 aliphatic heterocycles. The molecule has 7 nitrogen and oxygen atoms in total. The van der Waals surface area contributed by atoms with Crippen LogP contribution >= 0.6 is 0 Å². The van der Waals surface area contributed by atoms with Crippen molar-refractivity contribution in [1.29, 1.82) is 0 Å². The van der Waals surface area contributed by atoms with Crippen LogP contribution in [-0.2, 0) is 6.54 Å². The van der Waals surface area contributed by atoms with Gasteiger partial charge in [-0.25, -0.2) is 9.67 Å². The summed E-state index contributed by atoms with van der Waals surface area (Å²) < 4.78 is 1.88. The summed E-state index contributed by atoms with van der Waals surface area (Å²) in [6, 6.07) is 0.273. The number of rotatable bonds is 7. The minimum absolute atomic E-state index is 0.207. The first-order valence-corrected chi connectivity index (χ1v) is 6.15. The molecule has 0 unspecified atom stereocenters. The average Bonchev–Trinajstić information content (AvgIpc) is 2.77. The molecule has 0 saturated carbocycles. The molecule has 0 aromatic carbocycles. The van der Waals surface area contributed by atoms with E-state index in [0.717, 1.165) is 18.8 Å². The molecule has 0 fully saturated rings. The summed E-state index contributed by atoms with van der Waals surface area (Å²) in [6.45, 7) is 8.14. The van der Waals surface area contributed by atoms with E-state index in [0.29, 0.717) is 13.1 Å². The number of hydrogen-bond acceptors (Lipinski definition) is 5. The highest BCUT2D eigenvalue weighted by Gasteiger charge is 2.13. The van der Waals surface area contributed by atoms with Crippen molar-refractivity contribution in [3.63, 3.8) is 0 Å². The topological polar surface area (TPSA) is 92.6 Å². The van der Waals surface area contributed by atoms with E-state index >= 15 is 0 Å². The van der Waals surface area contributed by atoms with Gasteiger partial charge in [-0.1, -0.05) is 12.1 Å². The maximum absolute atomic E-state index is 8.62.